The molecule has 94 valence electrons. The van der Waals surface area contributed by atoms with Crippen LogP contribution in [0.2, 0.25) is 0 Å². The van der Waals surface area contributed by atoms with Gasteiger partial charge in [-0.1, -0.05) is 38.1 Å². The maximum atomic E-state index is 11.5. The topological polar surface area (TPSA) is 52.3 Å². The van der Waals surface area contributed by atoms with Gasteiger partial charge in [-0.25, -0.2) is 0 Å². The average molecular weight is 235 g/mol. The highest BCUT2D eigenvalue weighted by Crippen LogP contribution is 2.18. The zero-order chi connectivity index (χ0) is 12.8. The van der Waals surface area contributed by atoms with Gasteiger partial charge in [-0.05, 0) is 23.5 Å². The molecular formula is C14H21NO2. The van der Waals surface area contributed by atoms with E-state index in [1.165, 1.54) is 12.7 Å². The number of hydrogen-bond acceptors (Lipinski definition) is 3. The number of benzene rings is 1. The van der Waals surface area contributed by atoms with Crippen molar-refractivity contribution in [2.75, 3.05) is 13.7 Å². The van der Waals surface area contributed by atoms with Crippen molar-refractivity contribution in [2.24, 2.45) is 11.7 Å². The van der Waals surface area contributed by atoms with Crippen LogP contribution in [-0.4, -0.2) is 19.6 Å². The number of carbonyl (C=O) groups is 1. The third kappa shape index (κ3) is 3.86. The van der Waals surface area contributed by atoms with E-state index in [0.29, 0.717) is 5.92 Å². The maximum Gasteiger partial charge on any atom is 0.314 e. The molecule has 0 radical (unpaired) electrons. The Kier molecular flexibility index (Phi) is 5.16. The van der Waals surface area contributed by atoms with E-state index in [1.807, 2.05) is 12.1 Å². The van der Waals surface area contributed by atoms with Crippen molar-refractivity contribution in [2.45, 2.75) is 26.2 Å². The Hall–Kier alpha value is -1.35. The molecule has 0 aliphatic carbocycles. The van der Waals surface area contributed by atoms with E-state index >= 15 is 0 Å². The zero-order valence-corrected chi connectivity index (χ0v) is 10.8. The molecule has 1 aromatic rings. The smallest absolute Gasteiger partial charge is 0.314 e. The van der Waals surface area contributed by atoms with Crippen molar-refractivity contribution in [1.29, 1.82) is 0 Å². The Balaban J connectivity index is 2.81. The molecule has 17 heavy (non-hydrogen) atoms. The lowest BCUT2D eigenvalue weighted by Gasteiger charge is -2.13. The second-order valence-electron chi connectivity index (χ2n) is 4.65. The second-order valence-corrected chi connectivity index (χ2v) is 4.65. The second kappa shape index (κ2) is 6.40. The van der Waals surface area contributed by atoms with Crippen LogP contribution in [0.3, 0.4) is 0 Å². The average Bonchev–Trinajstić information content (AvgIpc) is 2.31. The minimum atomic E-state index is -0.354. The summed E-state index contributed by atoms with van der Waals surface area (Å²) in [5.74, 6) is 0.00368. The van der Waals surface area contributed by atoms with Gasteiger partial charge in [0.05, 0.1) is 13.0 Å². The van der Waals surface area contributed by atoms with Crippen LogP contribution >= 0.6 is 0 Å². The normalized spacial score (nSPS) is 12.5. The van der Waals surface area contributed by atoms with Gasteiger partial charge in [-0.3, -0.25) is 4.79 Å². The molecule has 0 aliphatic rings. The molecule has 0 amide bonds. The van der Waals surface area contributed by atoms with E-state index in [9.17, 15) is 4.79 Å². The van der Waals surface area contributed by atoms with Gasteiger partial charge >= 0.3 is 5.97 Å². The molecule has 0 heterocycles. The van der Waals surface area contributed by atoms with Gasteiger partial charge in [0, 0.05) is 6.54 Å². The molecule has 0 spiro atoms. The van der Waals surface area contributed by atoms with E-state index in [4.69, 9.17) is 10.5 Å². The summed E-state index contributed by atoms with van der Waals surface area (Å²) >= 11 is 0. The summed E-state index contributed by atoms with van der Waals surface area (Å²) in [4.78, 5) is 11.5. The lowest BCUT2D eigenvalue weighted by Crippen LogP contribution is -2.22. The third-order valence-corrected chi connectivity index (χ3v) is 2.75. The van der Waals surface area contributed by atoms with Crippen LogP contribution in [0.1, 0.15) is 30.9 Å². The summed E-state index contributed by atoms with van der Waals surface area (Å²) in [7, 11) is 1.39. The fourth-order valence-corrected chi connectivity index (χ4v) is 1.87. The van der Waals surface area contributed by atoms with Crippen molar-refractivity contribution in [3.8, 4) is 0 Å². The summed E-state index contributed by atoms with van der Waals surface area (Å²) in [6.07, 6.45) is 1.05. The van der Waals surface area contributed by atoms with E-state index in [2.05, 4.69) is 26.0 Å². The van der Waals surface area contributed by atoms with E-state index in [-0.39, 0.29) is 18.4 Å². The fourth-order valence-electron chi connectivity index (χ4n) is 1.87. The standard InChI is InChI=1S/C14H21NO2/c1-10(2)8-11-4-6-12(7-5-11)13(9-15)14(16)17-3/h4-7,10,13H,8-9,15H2,1-3H3. The molecule has 0 aromatic heterocycles. The van der Waals surface area contributed by atoms with E-state index in [0.717, 1.165) is 12.0 Å². The number of rotatable bonds is 5. The Bertz CT molecular complexity index is 357. The van der Waals surface area contributed by atoms with Crippen molar-refractivity contribution >= 4 is 5.97 Å². The summed E-state index contributed by atoms with van der Waals surface area (Å²) in [5.41, 5.74) is 7.80. The van der Waals surface area contributed by atoms with Crippen molar-refractivity contribution in [3.05, 3.63) is 35.4 Å². The Morgan fingerprint density at radius 2 is 1.88 bits per heavy atom. The van der Waals surface area contributed by atoms with Gasteiger partial charge in [-0.2, -0.15) is 0 Å². The van der Waals surface area contributed by atoms with Crippen LogP contribution in [0.25, 0.3) is 0 Å². The van der Waals surface area contributed by atoms with Gasteiger partial charge in [0.1, 0.15) is 0 Å². The minimum absolute atomic E-state index is 0.274. The molecule has 0 bridgehead atoms. The highest BCUT2D eigenvalue weighted by molar-refractivity contribution is 5.78. The first-order valence-corrected chi connectivity index (χ1v) is 5.95. The molecule has 0 fully saturated rings. The van der Waals surface area contributed by atoms with Crippen molar-refractivity contribution < 1.29 is 9.53 Å². The van der Waals surface area contributed by atoms with Crippen molar-refractivity contribution in [1.82, 2.24) is 0 Å². The van der Waals surface area contributed by atoms with Crippen LogP contribution in [0, 0.1) is 5.92 Å². The third-order valence-electron chi connectivity index (χ3n) is 2.75. The predicted molar refractivity (Wildman–Crippen MR) is 68.8 cm³/mol. The summed E-state index contributed by atoms with van der Waals surface area (Å²) in [6, 6.07) is 8.04. The lowest BCUT2D eigenvalue weighted by molar-refractivity contribution is -0.142. The minimum Gasteiger partial charge on any atom is -0.469 e. The van der Waals surface area contributed by atoms with Gasteiger partial charge in [0.2, 0.25) is 0 Å². The molecule has 3 nitrogen and oxygen atoms in total. The molecule has 1 atom stereocenters. The number of nitrogens with two attached hydrogens (primary N) is 1. The van der Waals surface area contributed by atoms with Crippen LogP contribution in [0.15, 0.2) is 24.3 Å². The molecule has 0 saturated heterocycles. The number of carbonyl (C=O) groups excluding carboxylic acids is 1. The SMILES string of the molecule is COC(=O)C(CN)c1ccc(CC(C)C)cc1. The molecule has 0 saturated carbocycles. The monoisotopic (exact) mass is 235 g/mol. The van der Waals surface area contributed by atoms with E-state index in [1.54, 1.807) is 0 Å². The van der Waals surface area contributed by atoms with Crippen molar-refractivity contribution in [3.63, 3.8) is 0 Å². The maximum absolute atomic E-state index is 11.5. The molecule has 3 heteroatoms. The first-order valence-electron chi connectivity index (χ1n) is 5.95. The van der Waals surface area contributed by atoms with Crippen LogP contribution in [0.4, 0.5) is 0 Å². The molecule has 1 rings (SSSR count). The van der Waals surface area contributed by atoms with Gasteiger partial charge < -0.3 is 10.5 Å². The molecule has 0 aliphatic heterocycles. The van der Waals surface area contributed by atoms with Crippen LogP contribution in [-0.2, 0) is 16.0 Å². The summed E-state index contributed by atoms with van der Waals surface area (Å²) < 4.78 is 4.73. The molecule has 2 N–H and O–H groups in total. The fraction of sp³-hybridized carbons (Fsp3) is 0.500. The Morgan fingerprint density at radius 3 is 2.29 bits per heavy atom. The molecular weight excluding hydrogens is 214 g/mol. The zero-order valence-electron chi connectivity index (χ0n) is 10.8. The highest BCUT2D eigenvalue weighted by Gasteiger charge is 2.19. The van der Waals surface area contributed by atoms with Crippen LogP contribution in [0.5, 0.6) is 0 Å². The molecule has 1 unspecified atom stereocenters. The van der Waals surface area contributed by atoms with Gasteiger partial charge in [-0.15, -0.1) is 0 Å². The van der Waals surface area contributed by atoms with E-state index < -0.39 is 0 Å². The first kappa shape index (κ1) is 13.7. The lowest BCUT2D eigenvalue weighted by atomic mass is 9.96. The highest BCUT2D eigenvalue weighted by atomic mass is 16.5. The Labute approximate surface area is 103 Å². The Morgan fingerprint density at radius 1 is 1.29 bits per heavy atom. The van der Waals surface area contributed by atoms with Gasteiger partial charge in [0.25, 0.3) is 0 Å². The number of ether oxygens (including phenoxy) is 1. The summed E-state index contributed by atoms with van der Waals surface area (Å²) in [5, 5.41) is 0. The largest absolute Gasteiger partial charge is 0.469 e. The van der Waals surface area contributed by atoms with Crippen LogP contribution < -0.4 is 5.73 Å². The number of esters is 1. The quantitative estimate of drug-likeness (QED) is 0.795. The molecule has 1 aromatic carbocycles. The number of hydrogen-bond donors (Lipinski definition) is 1. The summed E-state index contributed by atoms with van der Waals surface area (Å²) in [6.45, 7) is 4.65. The predicted octanol–water partition coefficient (Wildman–Crippen LogP) is 2.10. The number of methoxy groups -OCH3 is 1. The first-order chi connectivity index (χ1) is 8.08. The van der Waals surface area contributed by atoms with Gasteiger partial charge in [0.15, 0.2) is 0 Å².